The Kier molecular flexibility index (Phi) is 1.58. The molecular weight excluding hydrogens is 136 g/mol. The lowest BCUT2D eigenvalue weighted by molar-refractivity contribution is -0.128. The Labute approximate surface area is 57.4 Å². The molecule has 0 aliphatic carbocycles. The fourth-order valence-electron chi connectivity index (χ4n) is 0.665. The predicted octanol–water partition coefficient (Wildman–Crippen LogP) is -1.22. The van der Waals surface area contributed by atoms with E-state index in [9.17, 15) is 9.59 Å². The van der Waals surface area contributed by atoms with Gasteiger partial charge in [-0.25, -0.2) is 4.79 Å². The summed E-state index contributed by atoms with van der Waals surface area (Å²) in [6.45, 7) is 1.53. The second-order valence-corrected chi connectivity index (χ2v) is 2.20. The lowest BCUT2D eigenvalue weighted by atomic mass is 10.1. The number of rotatable bonds is 0. The Morgan fingerprint density at radius 2 is 2.10 bits per heavy atom. The molecule has 56 valence electrons. The largest absolute Gasteiger partial charge is 0.373 e. The van der Waals surface area contributed by atoms with Crippen LogP contribution in [0.3, 0.4) is 0 Å². The number of carbonyl (C=O) groups excluding carboxylic acids is 2. The zero-order valence-electron chi connectivity index (χ0n) is 5.42. The summed E-state index contributed by atoms with van der Waals surface area (Å²) in [6.07, 6.45) is -1.05. The lowest BCUT2D eigenvalue weighted by Crippen LogP contribution is -2.57. The van der Waals surface area contributed by atoms with E-state index in [1.807, 2.05) is 5.32 Å². The van der Waals surface area contributed by atoms with Gasteiger partial charge in [0, 0.05) is 0 Å². The summed E-state index contributed by atoms with van der Waals surface area (Å²) in [7, 11) is 0. The maximum Gasteiger partial charge on any atom is 0.323 e. The normalized spacial score (nSPS) is 33.0. The van der Waals surface area contributed by atoms with Gasteiger partial charge in [-0.05, 0) is 6.92 Å². The third-order valence-corrected chi connectivity index (χ3v) is 1.40. The van der Waals surface area contributed by atoms with Gasteiger partial charge < -0.3 is 10.4 Å². The van der Waals surface area contributed by atoms with Gasteiger partial charge in [-0.2, -0.15) is 0 Å². The van der Waals surface area contributed by atoms with Crippen LogP contribution >= 0.6 is 0 Å². The van der Waals surface area contributed by atoms with E-state index in [-0.39, 0.29) is 0 Å². The van der Waals surface area contributed by atoms with Crippen LogP contribution in [0.15, 0.2) is 0 Å². The van der Waals surface area contributed by atoms with Gasteiger partial charge in [0.2, 0.25) is 5.91 Å². The average Bonchev–Trinajstić information content (AvgIpc) is 1.82. The number of aliphatic hydroxyl groups is 1. The number of hydrogen-bond acceptors (Lipinski definition) is 3. The van der Waals surface area contributed by atoms with Crippen LogP contribution in [0.5, 0.6) is 0 Å². The van der Waals surface area contributed by atoms with Crippen LogP contribution < -0.4 is 10.6 Å². The van der Waals surface area contributed by atoms with Crippen molar-refractivity contribution in [2.75, 3.05) is 0 Å². The Balaban J connectivity index is 2.66. The molecule has 1 fully saturated rings. The molecule has 3 N–H and O–H groups in total. The highest BCUT2D eigenvalue weighted by atomic mass is 16.3. The molecule has 0 aromatic heterocycles. The summed E-state index contributed by atoms with van der Waals surface area (Å²) in [5, 5.41) is 13.1. The SMILES string of the molecule is C[C@H]1C(=O)NC(=O)N[C@H]1O. The number of imide groups is 1. The summed E-state index contributed by atoms with van der Waals surface area (Å²) >= 11 is 0. The molecule has 5 heteroatoms. The van der Waals surface area contributed by atoms with Crippen molar-refractivity contribution in [3.63, 3.8) is 0 Å². The van der Waals surface area contributed by atoms with Crippen LogP contribution in [0, 0.1) is 5.92 Å². The van der Waals surface area contributed by atoms with Crippen molar-refractivity contribution in [2.45, 2.75) is 13.2 Å². The van der Waals surface area contributed by atoms with Gasteiger partial charge in [-0.1, -0.05) is 0 Å². The summed E-state index contributed by atoms with van der Waals surface area (Å²) in [6, 6.07) is -0.643. The smallest absolute Gasteiger partial charge is 0.323 e. The summed E-state index contributed by atoms with van der Waals surface area (Å²) in [5.41, 5.74) is 0. The molecule has 1 aliphatic rings. The quantitative estimate of drug-likeness (QED) is 0.398. The van der Waals surface area contributed by atoms with Gasteiger partial charge in [-0.15, -0.1) is 0 Å². The minimum atomic E-state index is -1.05. The van der Waals surface area contributed by atoms with E-state index < -0.39 is 24.1 Å². The number of aliphatic hydroxyl groups excluding tert-OH is 1. The minimum Gasteiger partial charge on any atom is -0.373 e. The second-order valence-electron chi connectivity index (χ2n) is 2.20. The Morgan fingerprint density at radius 1 is 1.50 bits per heavy atom. The molecule has 0 aromatic carbocycles. The van der Waals surface area contributed by atoms with Gasteiger partial charge >= 0.3 is 6.03 Å². The number of hydrogen-bond donors (Lipinski definition) is 3. The van der Waals surface area contributed by atoms with Crippen LogP contribution in [0.25, 0.3) is 0 Å². The average molecular weight is 144 g/mol. The van der Waals surface area contributed by atoms with E-state index in [0.29, 0.717) is 0 Å². The third kappa shape index (κ3) is 1.08. The van der Waals surface area contributed by atoms with E-state index in [1.54, 1.807) is 0 Å². The Hall–Kier alpha value is -1.10. The van der Waals surface area contributed by atoms with E-state index in [4.69, 9.17) is 5.11 Å². The highest BCUT2D eigenvalue weighted by Gasteiger charge is 2.29. The molecule has 1 aliphatic heterocycles. The van der Waals surface area contributed by atoms with Gasteiger partial charge in [0.05, 0.1) is 5.92 Å². The van der Waals surface area contributed by atoms with Crippen molar-refractivity contribution in [2.24, 2.45) is 5.92 Å². The molecule has 0 saturated carbocycles. The maximum absolute atomic E-state index is 10.7. The molecule has 0 radical (unpaired) electrons. The van der Waals surface area contributed by atoms with Crippen molar-refractivity contribution >= 4 is 11.9 Å². The first-order valence-corrected chi connectivity index (χ1v) is 2.90. The first-order valence-electron chi connectivity index (χ1n) is 2.90. The van der Waals surface area contributed by atoms with Gasteiger partial charge in [-0.3, -0.25) is 10.1 Å². The Morgan fingerprint density at radius 3 is 2.60 bits per heavy atom. The molecule has 1 saturated heterocycles. The van der Waals surface area contributed by atoms with Crippen LogP contribution in [0.1, 0.15) is 6.92 Å². The maximum atomic E-state index is 10.7. The van der Waals surface area contributed by atoms with Crippen molar-refractivity contribution < 1.29 is 14.7 Å². The molecular formula is C5H8N2O3. The van der Waals surface area contributed by atoms with Crippen molar-refractivity contribution in [3.05, 3.63) is 0 Å². The highest BCUT2D eigenvalue weighted by molar-refractivity contribution is 5.98. The number of amides is 3. The minimum absolute atomic E-state index is 0.448. The lowest BCUT2D eigenvalue weighted by Gasteiger charge is -2.24. The molecule has 0 aromatic rings. The molecule has 5 nitrogen and oxygen atoms in total. The van der Waals surface area contributed by atoms with Gasteiger partial charge in [0.15, 0.2) is 0 Å². The van der Waals surface area contributed by atoms with Crippen molar-refractivity contribution in [3.8, 4) is 0 Å². The van der Waals surface area contributed by atoms with Crippen LogP contribution in [0.4, 0.5) is 4.79 Å². The number of nitrogens with one attached hydrogen (secondary N) is 2. The fourth-order valence-corrected chi connectivity index (χ4v) is 0.665. The van der Waals surface area contributed by atoms with Crippen molar-refractivity contribution in [1.29, 1.82) is 0 Å². The molecule has 0 bridgehead atoms. The molecule has 10 heavy (non-hydrogen) atoms. The standard InChI is InChI=1S/C5H8N2O3/c1-2-3(8)6-5(10)7-4(2)9/h2-3,8H,1H3,(H2,6,7,9,10)/t2-,3+/m1/s1. The second kappa shape index (κ2) is 2.26. The monoisotopic (exact) mass is 144 g/mol. The van der Waals surface area contributed by atoms with E-state index >= 15 is 0 Å². The molecule has 1 rings (SSSR count). The predicted molar refractivity (Wildman–Crippen MR) is 31.8 cm³/mol. The number of carbonyl (C=O) groups is 2. The molecule has 1 heterocycles. The number of urea groups is 1. The van der Waals surface area contributed by atoms with Crippen LogP contribution in [-0.2, 0) is 4.79 Å². The molecule has 3 amide bonds. The fraction of sp³-hybridized carbons (Fsp3) is 0.600. The zero-order valence-corrected chi connectivity index (χ0v) is 5.42. The molecule has 2 atom stereocenters. The molecule has 0 unspecified atom stereocenters. The summed E-state index contributed by atoms with van der Waals surface area (Å²) in [4.78, 5) is 21.1. The molecule has 0 spiro atoms. The van der Waals surface area contributed by atoms with Crippen LogP contribution in [0.2, 0.25) is 0 Å². The van der Waals surface area contributed by atoms with Crippen LogP contribution in [-0.4, -0.2) is 23.3 Å². The summed E-state index contributed by atoms with van der Waals surface area (Å²) in [5.74, 6) is -1.02. The first-order chi connectivity index (χ1) is 4.61. The van der Waals surface area contributed by atoms with Crippen molar-refractivity contribution in [1.82, 2.24) is 10.6 Å². The topological polar surface area (TPSA) is 78.4 Å². The first kappa shape index (κ1) is 7.01. The van der Waals surface area contributed by atoms with Gasteiger partial charge in [0.25, 0.3) is 0 Å². The summed E-state index contributed by atoms with van der Waals surface area (Å²) < 4.78 is 0. The third-order valence-electron chi connectivity index (χ3n) is 1.40. The Bertz CT molecular complexity index is 180. The highest BCUT2D eigenvalue weighted by Crippen LogP contribution is 2.03. The van der Waals surface area contributed by atoms with E-state index in [2.05, 4.69) is 5.32 Å². The van der Waals surface area contributed by atoms with E-state index in [0.717, 1.165) is 0 Å². The van der Waals surface area contributed by atoms with E-state index in [1.165, 1.54) is 6.92 Å². The zero-order chi connectivity index (χ0) is 7.72. The van der Waals surface area contributed by atoms with Gasteiger partial charge in [0.1, 0.15) is 6.23 Å².